The Morgan fingerprint density at radius 2 is 2.10 bits per heavy atom. The Morgan fingerprint density at radius 3 is 2.60 bits per heavy atom. The van der Waals surface area contributed by atoms with E-state index in [-0.39, 0.29) is 17.4 Å². The van der Waals surface area contributed by atoms with Crippen molar-refractivity contribution in [3.63, 3.8) is 0 Å². The maximum atomic E-state index is 14.2. The van der Waals surface area contributed by atoms with Gasteiger partial charge in [-0.3, -0.25) is 0 Å². The van der Waals surface area contributed by atoms with E-state index < -0.39 is 17.7 Å². The zero-order chi connectivity index (χ0) is 14.5. The molecule has 112 valence electrons. The van der Waals surface area contributed by atoms with Crippen LogP contribution in [0.4, 0.5) is 8.78 Å². The van der Waals surface area contributed by atoms with Crippen molar-refractivity contribution >= 4 is 0 Å². The molecule has 1 N–H and O–H groups in total. The summed E-state index contributed by atoms with van der Waals surface area (Å²) in [4.78, 5) is 0. The predicted molar refractivity (Wildman–Crippen MR) is 72.9 cm³/mol. The van der Waals surface area contributed by atoms with E-state index in [4.69, 9.17) is 9.47 Å². The smallest absolute Gasteiger partial charge is 0.134 e. The Balaban J connectivity index is 2.31. The molecule has 0 radical (unpaired) electrons. The molecular weight excluding hydrogens is 264 g/mol. The van der Waals surface area contributed by atoms with Gasteiger partial charge in [-0.1, -0.05) is 6.92 Å². The Morgan fingerprint density at radius 1 is 1.40 bits per heavy atom. The molecule has 3 nitrogen and oxygen atoms in total. The van der Waals surface area contributed by atoms with Crippen LogP contribution < -0.4 is 10.1 Å². The lowest BCUT2D eigenvalue weighted by molar-refractivity contribution is 0.0758. The van der Waals surface area contributed by atoms with Crippen molar-refractivity contribution in [1.82, 2.24) is 5.32 Å². The van der Waals surface area contributed by atoms with Gasteiger partial charge in [0.15, 0.2) is 0 Å². The molecular formula is C15H21F2NO2. The zero-order valence-corrected chi connectivity index (χ0v) is 11.9. The molecule has 1 fully saturated rings. The minimum Gasteiger partial charge on any atom is -0.497 e. The van der Waals surface area contributed by atoms with Crippen molar-refractivity contribution in [1.29, 1.82) is 0 Å². The van der Waals surface area contributed by atoms with Crippen LogP contribution in [0.15, 0.2) is 12.1 Å². The highest BCUT2D eigenvalue weighted by atomic mass is 19.1. The number of halogens is 2. The van der Waals surface area contributed by atoms with Gasteiger partial charge in [-0.2, -0.15) is 0 Å². The van der Waals surface area contributed by atoms with E-state index in [0.717, 1.165) is 19.3 Å². The maximum absolute atomic E-state index is 14.2. The van der Waals surface area contributed by atoms with Crippen LogP contribution >= 0.6 is 0 Å². The summed E-state index contributed by atoms with van der Waals surface area (Å²) in [5, 5.41) is 3.20. The first kappa shape index (κ1) is 15.2. The van der Waals surface area contributed by atoms with Crippen LogP contribution in [-0.2, 0) is 4.74 Å². The van der Waals surface area contributed by atoms with Crippen molar-refractivity contribution in [3.8, 4) is 5.75 Å². The molecule has 2 unspecified atom stereocenters. The lowest BCUT2D eigenvalue weighted by Crippen LogP contribution is -2.33. The average molecular weight is 285 g/mol. The fourth-order valence-corrected chi connectivity index (χ4v) is 2.56. The Hall–Kier alpha value is -1.20. The van der Waals surface area contributed by atoms with Crippen LogP contribution in [0.2, 0.25) is 0 Å². The highest BCUT2D eigenvalue weighted by molar-refractivity contribution is 5.33. The molecule has 2 rings (SSSR count). The fraction of sp³-hybridized carbons (Fsp3) is 0.600. The van der Waals surface area contributed by atoms with E-state index in [9.17, 15) is 8.78 Å². The van der Waals surface area contributed by atoms with Gasteiger partial charge >= 0.3 is 0 Å². The van der Waals surface area contributed by atoms with E-state index in [1.54, 1.807) is 0 Å². The Bertz CT molecular complexity index is 424. The second kappa shape index (κ2) is 6.99. The molecule has 2 atom stereocenters. The average Bonchev–Trinajstić information content (AvgIpc) is 2.95. The van der Waals surface area contributed by atoms with Crippen LogP contribution in [0.5, 0.6) is 5.75 Å². The largest absolute Gasteiger partial charge is 0.497 e. The van der Waals surface area contributed by atoms with Gasteiger partial charge in [0.05, 0.1) is 19.3 Å². The number of hydrogen-bond donors (Lipinski definition) is 1. The van der Waals surface area contributed by atoms with Gasteiger partial charge in [-0.15, -0.1) is 0 Å². The van der Waals surface area contributed by atoms with Gasteiger partial charge in [0, 0.05) is 24.3 Å². The van der Waals surface area contributed by atoms with E-state index in [1.165, 1.54) is 19.2 Å². The highest BCUT2D eigenvalue weighted by Crippen LogP contribution is 2.32. The maximum Gasteiger partial charge on any atom is 0.134 e. The molecule has 1 aliphatic rings. The van der Waals surface area contributed by atoms with Gasteiger partial charge in [0.25, 0.3) is 0 Å². The quantitative estimate of drug-likeness (QED) is 0.870. The molecule has 0 aliphatic carbocycles. The summed E-state index contributed by atoms with van der Waals surface area (Å²) in [5.41, 5.74) is 0.0474. The van der Waals surface area contributed by atoms with E-state index in [2.05, 4.69) is 5.32 Å². The molecule has 1 aliphatic heterocycles. The summed E-state index contributed by atoms with van der Waals surface area (Å²) in [6.07, 6.45) is 2.45. The lowest BCUT2D eigenvalue weighted by atomic mass is 9.97. The third kappa shape index (κ3) is 3.27. The van der Waals surface area contributed by atoms with Crippen molar-refractivity contribution in [2.24, 2.45) is 0 Å². The van der Waals surface area contributed by atoms with E-state index in [0.29, 0.717) is 13.2 Å². The molecule has 5 heteroatoms. The molecule has 0 spiro atoms. The fourth-order valence-electron chi connectivity index (χ4n) is 2.56. The number of hydrogen-bond acceptors (Lipinski definition) is 3. The highest BCUT2D eigenvalue weighted by Gasteiger charge is 2.31. The monoisotopic (exact) mass is 285 g/mol. The number of methoxy groups -OCH3 is 1. The topological polar surface area (TPSA) is 30.5 Å². The zero-order valence-electron chi connectivity index (χ0n) is 11.9. The second-order valence-electron chi connectivity index (χ2n) is 4.99. The van der Waals surface area contributed by atoms with Gasteiger partial charge in [0.1, 0.15) is 17.4 Å². The van der Waals surface area contributed by atoms with Crippen LogP contribution in [0.1, 0.15) is 37.8 Å². The van der Waals surface area contributed by atoms with Crippen molar-refractivity contribution in [2.75, 3.05) is 20.3 Å². The molecule has 1 aromatic rings. The van der Waals surface area contributed by atoms with Gasteiger partial charge < -0.3 is 14.8 Å². The molecule has 0 bridgehead atoms. The molecule has 20 heavy (non-hydrogen) atoms. The van der Waals surface area contributed by atoms with Gasteiger partial charge in [-0.05, 0) is 25.8 Å². The first-order valence-electron chi connectivity index (χ1n) is 7.05. The predicted octanol–water partition coefficient (Wildman–Crippen LogP) is 3.19. The summed E-state index contributed by atoms with van der Waals surface area (Å²) >= 11 is 0. The third-order valence-electron chi connectivity index (χ3n) is 3.55. The van der Waals surface area contributed by atoms with Crippen LogP contribution in [0, 0.1) is 11.6 Å². The SMILES string of the molecule is CCCNC(c1c(F)cc(OC)cc1F)C1CCCO1. The van der Waals surface area contributed by atoms with Crippen molar-refractivity contribution < 1.29 is 18.3 Å². The minimum atomic E-state index is -0.592. The standard InChI is InChI=1S/C15H21F2NO2/c1-3-6-18-15(13-5-4-7-20-13)14-11(16)8-10(19-2)9-12(14)17/h8-9,13,15,18H,3-7H2,1-2H3. The molecule has 0 amide bonds. The second-order valence-corrected chi connectivity index (χ2v) is 4.99. The first-order chi connectivity index (χ1) is 9.67. The van der Waals surface area contributed by atoms with Gasteiger partial charge in [0.2, 0.25) is 0 Å². The summed E-state index contributed by atoms with van der Waals surface area (Å²) in [6, 6.07) is 1.98. The molecule has 1 heterocycles. The summed E-state index contributed by atoms with van der Waals surface area (Å²) in [5.74, 6) is -0.998. The summed E-state index contributed by atoms with van der Waals surface area (Å²) < 4.78 is 38.9. The van der Waals surface area contributed by atoms with Crippen LogP contribution in [0.25, 0.3) is 0 Å². The van der Waals surface area contributed by atoms with Gasteiger partial charge in [-0.25, -0.2) is 8.78 Å². The van der Waals surface area contributed by atoms with Crippen molar-refractivity contribution in [3.05, 3.63) is 29.3 Å². The number of benzene rings is 1. The third-order valence-corrected chi connectivity index (χ3v) is 3.55. The lowest BCUT2D eigenvalue weighted by Gasteiger charge is -2.25. The first-order valence-corrected chi connectivity index (χ1v) is 7.05. The summed E-state index contributed by atoms with van der Waals surface area (Å²) in [6.45, 7) is 3.35. The number of ether oxygens (including phenoxy) is 2. The molecule has 1 aromatic carbocycles. The number of nitrogens with one attached hydrogen (secondary N) is 1. The molecule has 0 aromatic heterocycles. The minimum absolute atomic E-state index is 0.0474. The van der Waals surface area contributed by atoms with E-state index in [1.807, 2.05) is 6.92 Å². The number of rotatable bonds is 6. The molecule has 0 saturated carbocycles. The van der Waals surface area contributed by atoms with E-state index >= 15 is 0 Å². The Kier molecular flexibility index (Phi) is 5.31. The van der Waals surface area contributed by atoms with Crippen LogP contribution in [0.3, 0.4) is 0 Å². The Labute approximate surface area is 118 Å². The normalized spacial score (nSPS) is 20.1. The van der Waals surface area contributed by atoms with Crippen LogP contribution in [-0.4, -0.2) is 26.4 Å². The van der Waals surface area contributed by atoms with Crippen molar-refractivity contribution in [2.45, 2.75) is 38.3 Å². The summed E-state index contributed by atoms with van der Waals surface area (Å²) in [7, 11) is 1.39. The molecule has 1 saturated heterocycles.